The number of nitro benzene ring substituents is 1. The fraction of sp³-hybridized carbons (Fsp3) is 0.400. The highest BCUT2D eigenvalue weighted by Crippen LogP contribution is 2.29. The number of nitro groups is 1. The molecule has 0 atom stereocenters. The Kier molecular flexibility index (Phi) is 6.09. The summed E-state index contributed by atoms with van der Waals surface area (Å²) < 4.78 is 26.3. The van der Waals surface area contributed by atoms with Crippen molar-refractivity contribution in [3.8, 4) is 0 Å². The first-order chi connectivity index (χ1) is 11.8. The minimum atomic E-state index is -3.75. The zero-order valence-corrected chi connectivity index (χ0v) is 15.9. The Morgan fingerprint density at radius 2 is 2.00 bits per heavy atom. The van der Waals surface area contributed by atoms with Gasteiger partial charge in [0.25, 0.3) is 5.69 Å². The average molecular weight is 384 g/mol. The van der Waals surface area contributed by atoms with E-state index < -0.39 is 14.9 Å². The van der Waals surface area contributed by atoms with Gasteiger partial charge < -0.3 is 5.32 Å². The highest BCUT2D eigenvalue weighted by molar-refractivity contribution is 7.89. The van der Waals surface area contributed by atoms with E-state index in [-0.39, 0.29) is 16.3 Å². The molecule has 0 aliphatic rings. The molecule has 0 radical (unpaired) electrons. The van der Waals surface area contributed by atoms with E-state index in [2.05, 4.69) is 10.3 Å². The van der Waals surface area contributed by atoms with Crippen LogP contribution in [0.5, 0.6) is 0 Å². The van der Waals surface area contributed by atoms with Crippen LogP contribution in [0, 0.1) is 17.0 Å². The number of anilines is 1. The molecule has 0 aliphatic carbocycles. The lowest BCUT2D eigenvalue weighted by molar-refractivity contribution is -0.384. The smallest absolute Gasteiger partial charge is 0.293 e. The largest absolute Gasteiger partial charge is 0.374 e. The Balaban J connectivity index is 2.32. The molecule has 2 aromatic rings. The molecule has 0 amide bonds. The third-order valence-electron chi connectivity index (χ3n) is 3.64. The maximum atomic E-state index is 12.5. The average Bonchev–Trinajstić information content (AvgIpc) is 2.99. The fourth-order valence-electron chi connectivity index (χ4n) is 2.36. The number of nitrogens with zero attached hydrogens (tertiary/aromatic N) is 3. The van der Waals surface area contributed by atoms with Gasteiger partial charge in [0, 0.05) is 24.5 Å². The number of benzene rings is 1. The van der Waals surface area contributed by atoms with Gasteiger partial charge in [0.1, 0.15) is 5.69 Å². The van der Waals surface area contributed by atoms with E-state index in [1.165, 1.54) is 27.8 Å². The Labute approximate surface area is 150 Å². The summed E-state index contributed by atoms with van der Waals surface area (Å²) in [6.45, 7) is 6.25. The molecule has 10 heteroatoms. The van der Waals surface area contributed by atoms with Crippen molar-refractivity contribution in [1.82, 2.24) is 9.29 Å². The summed E-state index contributed by atoms with van der Waals surface area (Å²) in [4.78, 5) is 15.0. The Morgan fingerprint density at radius 3 is 2.52 bits per heavy atom. The molecule has 0 fully saturated rings. The molecular formula is C15H20N4O4S2. The molecule has 0 unspecified atom stereocenters. The van der Waals surface area contributed by atoms with Crippen LogP contribution in [0.25, 0.3) is 0 Å². The van der Waals surface area contributed by atoms with Gasteiger partial charge in [-0.25, -0.2) is 13.4 Å². The first-order valence-electron chi connectivity index (χ1n) is 7.73. The number of rotatable bonds is 8. The summed E-state index contributed by atoms with van der Waals surface area (Å²) in [5.41, 5.74) is 0.756. The predicted octanol–water partition coefficient (Wildman–Crippen LogP) is 3.00. The fourth-order valence-corrected chi connectivity index (χ4v) is 4.45. The highest BCUT2D eigenvalue weighted by Gasteiger charge is 2.25. The van der Waals surface area contributed by atoms with Gasteiger partial charge in [-0.05, 0) is 19.1 Å². The van der Waals surface area contributed by atoms with E-state index in [0.717, 1.165) is 16.8 Å². The molecule has 0 spiro atoms. The van der Waals surface area contributed by atoms with Crippen LogP contribution in [-0.2, 0) is 16.6 Å². The van der Waals surface area contributed by atoms with Gasteiger partial charge in [-0.15, -0.1) is 11.3 Å². The lowest BCUT2D eigenvalue weighted by Gasteiger charge is -2.18. The number of nitrogens with one attached hydrogen (secondary N) is 1. The molecule has 2 rings (SSSR count). The summed E-state index contributed by atoms with van der Waals surface area (Å²) in [6, 6.07) is 3.91. The number of hydrogen-bond donors (Lipinski definition) is 1. The third-order valence-corrected chi connectivity index (χ3v) is 6.50. The molecule has 0 bridgehead atoms. The van der Waals surface area contributed by atoms with Crippen molar-refractivity contribution in [2.45, 2.75) is 32.2 Å². The second kappa shape index (κ2) is 7.89. The van der Waals surface area contributed by atoms with Crippen LogP contribution < -0.4 is 5.32 Å². The second-order valence-electron chi connectivity index (χ2n) is 5.24. The van der Waals surface area contributed by atoms with Crippen molar-refractivity contribution < 1.29 is 13.3 Å². The van der Waals surface area contributed by atoms with Gasteiger partial charge in [0.2, 0.25) is 10.0 Å². The quantitative estimate of drug-likeness (QED) is 0.554. The van der Waals surface area contributed by atoms with Gasteiger partial charge in [-0.3, -0.25) is 10.1 Å². The Morgan fingerprint density at radius 1 is 1.32 bits per heavy atom. The lowest BCUT2D eigenvalue weighted by atomic mass is 10.2. The van der Waals surface area contributed by atoms with Gasteiger partial charge in [-0.1, -0.05) is 13.8 Å². The maximum Gasteiger partial charge on any atom is 0.293 e. The Bertz CT molecular complexity index is 860. The summed E-state index contributed by atoms with van der Waals surface area (Å²) in [5.74, 6) is 0. The number of thiazole rings is 1. The van der Waals surface area contributed by atoms with Gasteiger partial charge in [0.05, 0.1) is 27.1 Å². The molecule has 1 aromatic heterocycles. The van der Waals surface area contributed by atoms with Crippen LogP contribution in [0.1, 0.15) is 24.5 Å². The molecule has 136 valence electrons. The van der Waals surface area contributed by atoms with E-state index in [9.17, 15) is 18.5 Å². The van der Waals surface area contributed by atoms with Crippen LogP contribution >= 0.6 is 11.3 Å². The third kappa shape index (κ3) is 4.33. The van der Waals surface area contributed by atoms with Crippen molar-refractivity contribution in [2.75, 3.05) is 18.4 Å². The van der Waals surface area contributed by atoms with Crippen molar-refractivity contribution in [1.29, 1.82) is 0 Å². The molecule has 0 aliphatic heterocycles. The van der Waals surface area contributed by atoms with E-state index in [4.69, 9.17) is 0 Å². The molecule has 0 saturated heterocycles. The van der Waals surface area contributed by atoms with E-state index >= 15 is 0 Å². The van der Waals surface area contributed by atoms with Gasteiger partial charge in [0.15, 0.2) is 0 Å². The van der Waals surface area contributed by atoms with Crippen molar-refractivity contribution in [3.63, 3.8) is 0 Å². The predicted molar refractivity (Wildman–Crippen MR) is 97.4 cm³/mol. The van der Waals surface area contributed by atoms with Crippen molar-refractivity contribution >= 4 is 32.7 Å². The van der Waals surface area contributed by atoms with Crippen LogP contribution in [0.15, 0.2) is 28.5 Å². The minimum absolute atomic E-state index is 0.0852. The Hall–Kier alpha value is -2.04. The van der Waals surface area contributed by atoms with Gasteiger partial charge >= 0.3 is 0 Å². The second-order valence-corrected chi connectivity index (χ2v) is 8.24. The zero-order valence-electron chi connectivity index (χ0n) is 14.2. The zero-order chi connectivity index (χ0) is 18.6. The number of hydrogen-bond acceptors (Lipinski definition) is 7. The molecular weight excluding hydrogens is 364 g/mol. The molecule has 8 nitrogen and oxygen atoms in total. The van der Waals surface area contributed by atoms with E-state index in [1.54, 1.807) is 13.8 Å². The standard InChI is InChI=1S/C15H20N4O4S2/c1-4-18(5-2)25(22,23)13-6-7-14(15(8-13)19(20)21)16-9-12-10-24-11(3)17-12/h6-8,10,16H,4-5,9H2,1-3H3. The monoisotopic (exact) mass is 384 g/mol. The summed E-state index contributed by atoms with van der Waals surface area (Å²) >= 11 is 1.49. The lowest BCUT2D eigenvalue weighted by Crippen LogP contribution is -2.30. The summed E-state index contributed by atoms with van der Waals surface area (Å²) in [5, 5.41) is 17.1. The van der Waals surface area contributed by atoms with E-state index in [1.807, 2.05) is 12.3 Å². The number of sulfonamides is 1. The normalized spacial score (nSPS) is 11.7. The molecule has 1 heterocycles. The summed E-state index contributed by atoms with van der Waals surface area (Å²) in [6.07, 6.45) is 0. The molecule has 0 saturated carbocycles. The number of aromatic nitrogens is 1. The van der Waals surface area contributed by atoms with Crippen molar-refractivity contribution in [2.24, 2.45) is 0 Å². The number of aryl methyl sites for hydroxylation is 1. The molecule has 1 N–H and O–H groups in total. The van der Waals surface area contributed by atoms with Gasteiger partial charge in [-0.2, -0.15) is 4.31 Å². The van der Waals surface area contributed by atoms with E-state index in [0.29, 0.717) is 19.6 Å². The minimum Gasteiger partial charge on any atom is -0.374 e. The summed E-state index contributed by atoms with van der Waals surface area (Å²) in [7, 11) is -3.75. The SMILES string of the molecule is CCN(CC)S(=O)(=O)c1ccc(NCc2csc(C)n2)c([N+](=O)[O-])c1. The van der Waals surface area contributed by atoms with Crippen LogP contribution in [-0.4, -0.2) is 35.7 Å². The molecule has 1 aromatic carbocycles. The maximum absolute atomic E-state index is 12.5. The topological polar surface area (TPSA) is 105 Å². The first-order valence-corrected chi connectivity index (χ1v) is 10.0. The van der Waals surface area contributed by atoms with Crippen LogP contribution in [0.3, 0.4) is 0 Å². The molecule has 25 heavy (non-hydrogen) atoms. The highest BCUT2D eigenvalue weighted by atomic mass is 32.2. The van der Waals surface area contributed by atoms with Crippen LogP contribution in [0.2, 0.25) is 0 Å². The van der Waals surface area contributed by atoms with Crippen molar-refractivity contribution in [3.05, 3.63) is 44.4 Å². The first kappa shape index (κ1) is 19.3. The van der Waals surface area contributed by atoms with Crippen LogP contribution in [0.4, 0.5) is 11.4 Å².